The third kappa shape index (κ3) is 1.05. The van der Waals surface area contributed by atoms with Crippen LogP contribution in [0.2, 0.25) is 0 Å². The van der Waals surface area contributed by atoms with Crippen LogP contribution in [0.5, 0.6) is 5.06 Å². The zero-order valence-electron chi connectivity index (χ0n) is 5.61. The third-order valence-electron chi connectivity index (χ3n) is 1.36. The van der Waals surface area contributed by atoms with Gasteiger partial charge in [0, 0.05) is 6.21 Å². The van der Waals surface area contributed by atoms with Gasteiger partial charge in [-0.15, -0.1) is 11.3 Å². The molecule has 2 heterocycles. The molecule has 4 heteroatoms. The van der Waals surface area contributed by atoms with Crippen molar-refractivity contribution in [1.82, 2.24) is 0 Å². The van der Waals surface area contributed by atoms with Gasteiger partial charge in [-0.3, -0.25) is 4.79 Å². The summed E-state index contributed by atoms with van der Waals surface area (Å²) in [6, 6.07) is 1.73. The number of ether oxygens (including phenoxy) is 1. The van der Waals surface area contributed by atoms with Crippen LogP contribution in [0.15, 0.2) is 16.4 Å². The Morgan fingerprint density at radius 3 is 3.45 bits per heavy atom. The molecule has 3 nitrogen and oxygen atoms in total. The molecule has 1 amide bonds. The highest BCUT2D eigenvalue weighted by molar-refractivity contribution is 7.12. The van der Waals surface area contributed by atoms with E-state index in [0.29, 0.717) is 17.2 Å². The third-order valence-corrected chi connectivity index (χ3v) is 2.18. The molecule has 0 aliphatic carbocycles. The van der Waals surface area contributed by atoms with E-state index in [4.69, 9.17) is 4.74 Å². The summed E-state index contributed by atoms with van der Waals surface area (Å²) < 4.78 is 5.21. The second-order valence-corrected chi connectivity index (χ2v) is 2.93. The molecule has 0 spiro atoms. The molecule has 0 saturated heterocycles. The van der Waals surface area contributed by atoms with E-state index in [1.807, 2.05) is 5.38 Å². The minimum Gasteiger partial charge on any atom is -0.478 e. The highest BCUT2D eigenvalue weighted by atomic mass is 32.1. The Balaban J connectivity index is 2.51. The van der Waals surface area contributed by atoms with Crippen LogP contribution in [0.25, 0.3) is 0 Å². The van der Waals surface area contributed by atoms with Gasteiger partial charge >= 0.3 is 0 Å². The van der Waals surface area contributed by atoms with Crippen molar-refractivity contribution in [2.45, 2.75) is 0 Å². The molecule has 0 bridgehead atoms. The lowest BCUT2D eigenvalue weighted by atomic mass is 10.3. The largest absolute Gasteiger partial charge is 0.478 e. The highest BCUT2D eigenvalue weighted by Crippen LogP contribution is 2.27. The number of amides is 1. The molecule has 0 aromatic carbocycles. The lowest BCUT2D eigenvalue weighted by Crippen LogP contribution is -1.94. The fourth-order valence-electron chi connectivity index (χ4n) is 0.868. The van der Waals surface area contributed by atoms with Crippen molar-refractivity contribution in [2.75, 3.05) is 6.61 Å². The second-order valence-electron chi connectivity index (χ2n) is 2.05. The number of fused-ring (bicyclic) bond motifs is 1. The van der Waals surface area contributed by atoms with Crippen LogP contribution in [-0.2, 0) is 0 Å². The van der Waals surface area contributed by atoms with Crippen molar-refractivity contribution < 1.29 is 9.53 Å². The predicted molar refractivity (Wildman–Crippen MR) is 42.6 cm³/mol. The Bertz CT molecular complexity index is 316. The van der Waals surface area contributed by atoms with Crippen molar-refractivity contribution in [3.63, 3.8) is 0 Å². The summed E-state index contributed by atoms with van der Waals surface area (Å²) in [5.74, 6) is -0.209. The summed E-state index contributed by atoms with van der Waals surface area (Å²) in [7, 11) is 0. The summed E-state index contributed by atoms with van der Waals surface area (Å²) >= 11 is 1.42. The predicted octanol–water partition coefficient (Wildman–Crippen LogP) is 1.35. The number of thiophene rings is 1. The number of carbonyl (C=O) groups is 1. The molecule has 1 aromatic rings. The first-order valence-electron chi connectivity index (χ1n) is 3.15. The van der Waals surface area contributed by atoms with Gasteiger partial charge in [0.25, 0.3) is 5.91 Å². The van der Waals surface area contributed by atoms with E-state index in [9.17, 15) is 4.79 Å². The summed E-state index contributed by atoms with van der Waals surface area (Å²) in [5, 5.41) is 2.50. The molecule has 2 rings (SSSR count). The van der Waals surface area contributed by atoms with E-state index in [1.165, 1.54) is 17.6 Å². The van der Waals surface area contributed by atoms with Gasteiger partial charge < -0.3 is 4.74 Å². The minimum atomic E-state index is -0.209. The Morgan fingerprint density at radius 2 is 2.55 bits per heavy atom. The monoisotopic (exact) mass is 167 g/mol. The molecule has 1 aromatic heterocycles. The fourth-order valence-corrected chi connectivity index (χ4v) is 1.61. The molecule has 1 aliphatic heterocycles. The van der Waals surface area contributed by atoms with E-state index in [2.05, 4.69) is 4.99 Å². The van der Waals surface area contributed by atoms with Crippen molar-refractivity contribution in [2.24, 2.45) is 4.99 Å². The van der Waals surface area contributed by atoms with Gasteiger partial charge in [-0.25, -0.2) is 4.99 Å². The molecule has 0 saturated carbocycles. The molecule has 0 unspecified atom stereocenters. The van der Waals surface area contributed by atoms with Crippen molar-refractivity contribution in [3.8, 4) is 5.06 Å². The quantitative estimate of drug-likeness (QED) is 0.585. The maximum atomic E-state index is 11.1. The average molecular weight is 167 g/mol. The molecule has 0 fully saturated rings. The molecular weight excluding hydrogens is 162 g/mol. The molecule has 1 aliphatic rings. The first-order chi connectivity index (χ1) is 5.38. The standard InChI is InChI=1S/C7H5NO2S/c9-6-5-1-4-11-7(5)10-3-2-8-6/h1-2,4H,3H2. The van der Waals surface area contributed by atoms with Crippen LogP contribution in [-0.4, -0.2) is 18.7 Å². The summed E-state index contributed by atoms with van der Waals surface area (Å²) in [6.45, 7) is 0.388. The molecule has 11 heavy (non-hydrogen) atoms. The number of nitrogens with zero attached hydrogens (tertiary/aromatic N) is 1. The first kappa shape index (κ1) is 6.54. The fraction of sp³-hybridized carbons (Fsp3) is 0.143. The number of rotatable bonds is 0. The van der Waals surface area contributed by atoms with Crippen molar-refractivity contribution in [1.29, 1.82) is 0 Å². The topological polar surface area (TPSA) is 38.7 Å². The maximum absolute atomic E-state index is 11.1. The SMILES string of the molecule is O=C1N=CCOc2sccc21. The Hall–Kier alpha value is -1.16. The van der Waals surface area contributed by atoms with Crippen molar-refractivity contribution in [3.05, 3.63) is 17.0 Å². The molecule has 0 radical (unpaired) electrons. The highest BCUT2D eigenvalue weighted by Gasteiger charge is 2.14. The van der Waals surface area contributed by atoms with Gasteiger partial charge in [-0.1, -0.05) is 0 Å². The molecule has 0 atom stereocenters. The Morgan fingerprint density at radius 1 is 1.64 bits per heavy atom. The maximum Gasteiger partial charge on any atom is 0.281 e. The van der Waals surface area contributed by atoms with Crippen LogP contribution in [0.3, 0.4) is 0 Å². The van der Waals surface area contributed by atoms with Gasteiger partial charge in [0.1, 0.15) is 6.61 Å². The normalized spacial score (nSPS) is 15.5. The van der Waals surface area contributed by atoms with Gasteiger partial charge in [0.2, 0.25) is 0 Å². The summed E-state index contributed by atoms with van der Waals surface area (Å²) in [5.41, 5.74) is 0.573. The van der Waals surface area contributed by atoms with E-state index in [1.54, 1.807) is 6.07 Å². The van der Waals surface area contributed by atoms with Crippen LogP contribution in [0.4, 0.5) is 0 Å². The Labute approximate surface area is 67.3 Å². The molecular formula is C7H5NO2S. The molecule has 0 N–H and O–H groups in total. The summed E-state index contributed by atoms with van der Waals surface area (Å²) in [4.78, 5) is 14.8. The van der Waals surface area contributed by atoms with Gasteiger partial charge in [-0.2, -0.15) is 0 Å². The zero-order valence-corrected chi connectivity index (χ0v) is 6.43. The van der Waals surface area contributed by atoms with E-state index in [0.717, 1.165) is 0 Å². The minimum absolute atomic E-state index is 0.209. The average Bonchev–Trinajstić information content (AvgIpc) is 2.40. The van der Waals surface area contributed by atoms with Crippen LogP contribution < -0.4 is 4.74 Å². The number of aliphatic imine (C=N–C) groups is 1. The number of carbonyl (C=O) groups excluding carboxylic acids is 1. The van der Waals surface area contributed by atoms with Gasteiger partial charge in [0.15, 0.2) is 5.06 Å². The molecule has 56 valence electrons. The number of hydrogen-bond donors (Lipinski definition) is 0. The lowest BCUT2D eigenvalue weighted by Gasteiger charge is -1.95. The van der Waals surface area contributed by atoms with Crippen molar-refractivity contribution >= 4 is 23.5 Å². The van der Waals surface area contributed by atoms with E-state index < -0.39 is 0 Å². The smallest absolute Gasteiger partial charge is 0.281 e. The lowest BCUT2D eigenvalue weighted by molar-refractivity contribution is 0.100. The van der Waals surface area contributed by atoms with E-state index >= 15 is 0 Å². The summed E-state index contributed by atoms with van der Waals surface area (Å²) in [6.07, 6.45) is 1.48. The van der Waals surface area contributed by atoms with Crippen LogP contribution in [0, 0.1) is 0 Å². The van der Waals surface area contributed by atoms with Gasteiger partial charge in [-0.05, 0) is 11.4 Å². The van der Waals surface area contributed by atoms with Crippen LogP contribution >= 0.6 is 11.3 Å². The number of hydrogen-bond acceptors (Lipinski definition) is 3. The first-order valence-corrected chi connectivity index (χ1v) is 4.03. The second kappa shape index (κ2) is 2.47. The van der Waals surface area contributed by atoms with E-state index in [-0.39, 0.29) is 5.91 Å². The Kier molecular flexibility index (Phi) is 1.47. The van der Waals surface area contributed by atoms with Crippen LogP contribution in [0.1, 0.15) is 10.4 Å². The zero-order chi connectivity index (χ0) is 7.68. The van der Waals surface area contributed by atoms with Gasteiger partial charge in [0.05, 0.1) is 5.56 Å².